The molecule has 0 unspecified atom stereocenters. The Morgan fingerprint density at radius 3 is 2.52 bits per heavy atom. The molecule has 0 radical (unpaired) electrons. The van der Waals surface area contributed by atoms with Crippen molar-refractivity contribution in [2.45, 2.75) is 6.92 Å². The topological polar surface area (TPSA) is 52.6 Å². The number of carbonyl (C=O) groups excluding carboxylic acids is 2. The molecule has 1 aliphatic heterocycles. The van der Waals surface area contributed by atoms with Crippen LogP contribution in [0.2, 0.25) is 0 Å². The fourth-order valence-corrected chi connectivity index (χ4v) is 3.11. The van der Waals surface area contributed by atoms with Gasteiger partial charge in [-0.05, 0) is 31.2 Å². The lowest BCUT2D eigenvalue weighted by atomic mass is 10.1. The molecule has 0 atom stereocenters. The van der Waals surface area contributed by atoms with E-state index in [4.69, 9.17) is 9.47 Å². The van der Waals surface area contributed by atoms with Crippen molar-refractivity contribution in [1.82, 2.24) is 0 Å². The van der Waals surface area contributed by atoms with Gasteiger partial charge in [0.1, 0.15) is 17.3 Å². The predicted octanol–water partition coefficient (Wildman–Crippen LogP) is 5.01. The molecule has 0 aromatic heterocycles. The lowest BCUT2D eigenvalue weighted by molar-refractivity contribution is 0.0920. The van der Waals surface area contributed by atoms with Crippen molar-refractivity contribution in [3.05, 3.63) is 101 Å². The highest BCUT2D eigenvalue weighted by molar-refractivity contribution is 6.15. The molecule has 4 rings (SSSR count). The van der Waals surface area contributed by atoms with E-state index >= 15 is 0 Å². The van der Waals surface area contributed by atoms with Crippen LogP contribution in [0.15, 0.2) is 72.5 Å². The number of Topliss-reactive ketones (excluding diaryl/α,β-unsaturated/α-hetero) is 2. The molecule has 3 aromatic rings. The molecular formula is C24H17FO4. The quantitative estimate of drug-likeness (QED) is 0.455. The third-order valence-corrected chi connectivity index (χ3v) is 4.68. The van der Waals surface area contributed by atoms with Crippen LogP contribution >= 0.6 is 0 Å². The molecule has 1 heterocycles. The van der Waals surface area contributed by atoms with Gasteiger partial charge in [-0.3, -0.25) is 9.59 Å². The minimum absolute atomic E-state index is 0.0470. The number of benzene rings is 3. The summed E-state index contributed by atoms with van der Waals surface area (Å²) in [7, 11) is 0. The molecular weight excluding hydrogens is 371 g/mol. The summed E-state index contributed by atoms with van der Waals surface area (Å²) in [6.45, 7) is 1.62. The highest BCUT2D eigenvalue weighted by atomic mass is 19.1. The maximum Gasteiger partial charge on any atom is 0.231 e. The summed E-state index contributed by atoms with van der Waals surface area (Å²) in [5.41, 5.74) is 1.82. The molecule has 0 N–H and O–H groups in total. The molecule has 0 saturated carbocycles. The Morgan fingerprint density at radius 1 is 1.03 bits per heavy atom. The van der Waals surface area contributed by atoms with Gasteiger partial charge in [-0.25, -0.2) is 4.39 Å². The first-order valence-corrected chi connectivity index (χ1v) is 9.08. The van der Waals surface area contributed by atoms with Crippen LogP contribution in [0, 0.1) is 12.7 Å². The van der Waals surface area contributed by atoms with Crippen molar-refractivity contribution in [2.75, 3.05) is 6.61 Å². The first-order valence-electron chi connectivity index (χ1n) is 9.08. The van der Waals surface area contributed by atoms with Gasteiger partial charge in [0.2, 0.25) is 5.78 Å². The Bertz CT molecular complexity index is 1130. The third kappa shape index (κ3) is 3.67. The summed E-state index contributed by atoms with van der Waals surface area (Å²) in [5, 5.41) is 0. The molecule has 4 nitrogen and oxygen atoms in total. The van der Waals surface area contributed by atoms with Gasteiger partial charge in [-0.2, -0.15) is 0 Å². The molecule has 3 aromatic carbocycles. The fraction of sp³-hybridized carbons (Fsp3) is 0.0833. The van der Waals surface area contributed by atoms with E-state index < -0.39 is 5.82 Å². The van der Waals surface area contributed by atoms with E-state index in [9.17, 15) is 14.0 Å². The molecule has 1 aliphatic rings. The van der Waals surface area contributed by atoms with Gasteiger partial charge < -0.3 is 9.47 Å². The highest BCUT2D eigenvalue weighted by Crippen LogP contribution is 2.39. The number of hydrogen-bond acceptors (Lipinski definition) is 4. The predicted molar refractivity (Wildman–Crippen MR) is 107 cm³/mol. The molecule has 0 saturated heterocycles. The van der Waals surface area contributed by atoms with Crippen molar-refractivity contribution in [3.63, 3.8) is 0 Å². The molecule has 0 fully saturated rings. The molecule has 0 bridgehead atoms. The van der Waals surface area contributed by atoms with Crippen molar-refractivity contribution in [3.8, 4) is 11.5 Å². The Morgan fingerprint density at radius 2 is 1.76 bits per heavy atom. The zero-order valence-electron chi connectivity index (χ0n) is 15.6. The average molecular weight is 388 g/mol. The number of halogens is 1. The van der Waals surface area contributed by atoms with Crippen molar-refractivity contribution in [2.24, 2.45) is 0 Å². The van der Waals surface area contributed by atoms with E-state index in [-0.39, 0.29) is 29.5 Å². The van der Waals surface area contributed by atoms with Gasteiger partial charge in [-0.15, -0.1) is 0 Å². The Balaban J connectivity index is 1.55. The first-order chi connectivity index (χ1) is 14.0. The lowest BCUT2D eigenvalue weighted by Gasteiger charge is -2.11. The number of rotatable bonds is 5. The van der Waals surface area contributed by atoms with Crippen LogP contribution in [0.3, 0.4) is 0 Å². The molecule has 0 amide bonds. The number of allylic oxidation sites excluding steroid dienone is 1. The van der Waals surface area contributed by atoms with Crippen LogP contribution in [-0.4, -0.2) is 18.2 Å². The minimum Gasteiger partial charge on any atom is -0.485 e. The van der Waals surface area contributed by atoms with Gasteiger partial charge in [-0.1, -0.05) is 48.5 Å². The molecule has 29 heavy (non-hydrogen) atoms. The maximum atomic E-state index is 13.9. The Kier molecular flexibility index (Phi) is 4.96. The maximum absolute atomic E-state index is 13.9. The summed E-state index contributed by atoms with van der Waals surface area (Å²) in [4.78, 5) is 24.9. The smallest absolute Gasteiger partial charge is 0.231 e. The van der Waals surface area contributed by atoms with Crippen LogP contribution in [0.25, 0.3) is 6.08 Å². The van der Waals surface area contributed by atoms with Gasteiger partial charge in [0.25, 0.3) is 0 Å². The largest absolute Gasteiger partial charge is 0.485 e. The first kappa shape index (κ1) is 18.6. The van der Waals surface area contributed by atoms with E-state index in [0.29, 0.717) is 28.2 Å². The van der Waals surface area contributed by atoms with Gasteiger partial charge in [0.05, 0.1) is 5.56 Å². The summed E-state index contributed by atoms with van der Waals surface area (Å²) < 4.78 is 25.3. The average Bonchev–Trinajstić information content (AvgIpc) is 3.06. The molecule has 0 aliphatic carbocycles. The standard InChI is InChI=1S/C24H17FO4/c1-15-21(28-14-20(26)16-7-3-2-4-8-16)12-11-18-23(27)22(29-24(15)18)13-17-9-5-6-10-19(17)25/h2-13H,14H2,1H3/b22-13-. The molecule has 144 valence electrons. The Labute approximate surface area is 167 Å². The number of ether oxygens (including phenoxy) is 2. The van der Waals surface area contributed by atoms with E-state index in [1.54, 1.807) is 61.5 Å². The second kappa shape index (κ2) is 7.72. The monoisotopic (exact) mass is 388 g/mol. The molecule has 0 spiro atoms. The fourth-order valence-electron chi connectivity index (χ4n) is 3.11. The zero-order valence-corrected chi connectivity index (χ0v) is 15.6. The van der Waals surface area contributed by atoms with Gasteiger partial charge in [0.15, 0.2) is 18.1 Å². The van der Waals surface area contributed by atoms with Crippen LogP contribution < -0.4 is 9.47 Å². The summed E-state index contributed by atoms with van der Waals surface area (Å²) in [6.07, 6.45) is 1.39. The van der Waals surface area contributed by atoms with Crippen LogP contribution in [0.5, 0.6) is 11.5 Å². The summed E-state index contributed by atoms with van der Waals surface area (Å²) in [6, 6.07) is 18.2. The van der Waals surface area contributed by atoms with Gasteiger partial charge in [0, 0.05) is 16.7 Å². The van der Waals surface area contributed by atoms with E-state index in [0.717, 1.165) is 0 Å². The Hall–Kier alpha value is -3.73. The number of hydrogen-bond donors (Lipinski definition) is 0. The number of fused-ring (bicyclic) bond motifs is 1. The third-order valence-electron chi connectivity index (χ3n) is 4.68. The normalized spacial score (nSPS) is 13.9. The summed E-state index contributed by atoms with van der Waals surface area (Å²) >= 11 is 0. The van der Waals surface area contributed by atoms with Crippen molar-refractivity contribution >= 4 is 17.6 Å². The lowest BCUT2D eigenvalue weighted by Crippen LogP contribution is -2.12. The van der Waals surface area contributed by atoms with Crippen molar-refractivity contribution < 1.29 is 23.5 Å². The van der Waals surface area contributed by atoms with E-state index in [2.05, 4.69) is 0 Å². The van der Waals surface area contributed by atoms with Gasteiger partial charge >= 0.3 is 0 Å². The van der Waals surface area contributed by atoms with E-state index in [1.165, 1.54) is 12.1 Å². The molecule has 5 heteroatoms. The van der Waals surface area contributed by atoms with Crippen LogP contribution in [-0.2, 0) is 0 Å². The van der Waals surface area contributed by atoms with Crippen LogP contribution in [0.4, 0.5) is 4.39 Å². The number of ketones is 2. The SMILES string of the molecule is Cc1c(OCC(=O)c2ccccc2)ccc2c1O/C(=C\c1ccccc1F)C2=O. The van der Waals surface area contributed by atoms with Crippen molar-refractivity contribution in [1.29, 1.82) is 0 Å². The van der Waals surface area contributed by atoms with Crippen LogP contribution in [0.1, 0.15) is 31.8 Å². The minimum atomic E-state index is -0.437. The number of carbonyl (C=O) groups is 2. The summed E-state index contributed by atoms with van der Waals surface area (Å²) in [5.74, 6) is -0.0469. The van der Waals surface area contributed by atoms with E-state index in [1.807, 2.05) is 6.07 Å². The highest BCUT2D eigenvalue weighted by Gasteiger charge is 2.30. The second-order valence-electron chi connectivity index (χ2n) is 6.60. The second-order valence-corrected chi connectivity index (χ2v) is 6.60. The zero-order chi connectivity index (χ0) is 20.4.